The molecule has 1 saturated carbocycles. The molecule has 2 N–H and O–H groups in total. The van der Waals surface area contributed by atoms with Gasteiger partial charge in [-0.05, 0) is 49.9 Å². The Kier molecular flexibility index (Phi) is 4.56. The summed E-state index contributed by atoms with van der Waals surface area (Å²) in [6.07, 6.45) is 3.80. The van der Waals surface area contributed by atoms with Crippen LogP contribution in [0.4, 0.5) is 5.69 Å². The zero-order chi connectivity index (χ0) is 15.6. The second-order valence-electron chi connectivity index (χ2n) is 5.66. The van der Waals surface area contributed by atoms with E-state index in [1.807, 2.05) is 19.1 Å². The van der Waals surface area contributed by atoms with Crippen LogP contribution in [0.5, 0.6) is 0 Å². The minimum Gasteiger partial charge on any atom is -0.381 e. The van der Waals surface area contributed by atoms with Crippen molar-refractivity contribution in [3.63, 3.8) is 0 Å². The van der Waals surface area contributed by atoms with Crippen LogP contribution >= 0.6 is 0 Å². The van der Waals surface area contributed by atoms with E-state index in [9.17, 15) is 13.2 Å². The molecule has 2 atom stereocenters. The molecule has 0 aromatic heterocycles. The molecule has 6 heteroatoms. The quantitative estimate of drug-likeness (QED) is 0.888. The van der Waals surface area contributed by atoms with Crippen LogP contribution in [0.2, 0.25) is 0 Å². The predicted octanol–water partition coefficient (Wildman–Crippen LogP) is 1.73. The zero-order valence-electron chi connectivity index (χ0n) is 12.6. The third kappa shape index (κ3) is 3.56. The molecule has 0 spiro atoms. The van der Waals surface area contributed by atoms with Gasteiger partial charge in [-0.15, -0.1) is 0 Å². The summed E-state index contributed by atoms with van der Waals surface area (Å²) in [6.45, 7) is 1.92. The number of benzene rings is 1. The Labute approximate surface area is 126 Å². The molecule has 2 unspecified atom stereocenters. The van der Waals surface area contributed by atoms with Crippen molar-refractivity contribution >= 4 is 21.4 Å². The van der Waals surface area contributed by atoms with Crippen molar-refractivity contribution in [1.29, 1.82) is 0 Å². The van der Waals surface area contributed by atoms with Gasteiger partial charge in [0.05, 0.1) is 5.25 Å². The molecule has 5 nitrogen and oxygen atoms in total. The molecule has 21 heavy (non-hydrogen) atoms. The molecule has 2 rings (SSSR count). The summed E-state index contributed by atoms with van der Waals surface area (Å²) in [6, 6.07) is 5.35. The molecule has 0 saturated heterocycles. The smallest absolute Gasteiger partial charge is 0.251 e. The molecule has 0 radical (unpaired) electrons. The summed E-state index contributed by atoms with van der Waals surface area (Å²) >= 11 is 0. The molecule has 0 bridgehead atoms. The number of carbonyl (C=O) groups excluding carboxylic acids is 1. The average molecular weight is 310 g/mol. The van der Waals surface area contributed by atoms with Crippen LogP contribution in [0.1, 0.15) is 35.2 Å². The molecular weight excluding hydrogens is 288 g/mol. The van der Waals surface area contributed by atoms with Crippen molar-refractivity contribution < 1.29 is 13.2 Å². The van der Waals surface area contributed by atoms with E-state index in [0.717, 1.165) is 24.1 Å². The Hall–Kier alpha value is -1.56. The van der Waals surface area contributed by atoms with Crippen LogP contribution in [-0.4, -0.2) is 38.9 Å². The first kappa shape index (κ1) is 15.8. The van der Waals surface area contributed by atoms with E-state index < -0.39 is 9.84 Å². The van der Waals surface area contributed by atoms with Crippen molar-refractivity contribution in [3.8, 4) is 0 Å². The molecule has 0 aliphatic heterocycles. The van der Waals surface area contributed by atoms with Crippen molar-refractivity contribution in [3.05, 3.63) is 29.3 Å². The Bertz CT molecular complexity index is 640. The highest BCUT2D eigenvalue weighted by molar-refractivity contribution is 7.91. The van der Waals surface area contributed by atoms with Crippen LogP contribution < -0.4 is 10.6 Å². The molecule has 0 heterocycles. The van der Waals surface area contributed by atoms with Crippen molar-refractivity contribution in [2.45, 2.75) is 37.5 Å². The number of anilines is 1. The second-order valence-corrected chi connectivity index (χ2v) is 7.92. The Morgan fingerprint density at radius 3 is 2.57 bits per heavy atom. The van der Waals surface area contributed by atoms with E-state index in [0.29, 0.717) is 12.0 Å². The highest BCUT2D eigenvalue weighted by Gasteiger charge is 2.34. The number of rotatable bonds is 4. The van der Waals surface area contributed by atoms with E-state index in [4.69, 9.17) is 0 Å². The number of aryl methyl sites for hydroxylation is 1. The number of sulfone groups is 1. The zero-order valence-corrected chi connectivity index (χ0v) is 13.5. The van der Waals surface area contributed by atoms with Crippen LogP contribution in [0.25, 0.3) is 0 Å². The number of nitrogens with one attached hydrogen (secondary N) is 2. The van der Waals surface area contributed by atoms with Gasteiger partial charge in [0.1, 0.15) is 0 Å². The maximum absolute atomic E-state index is 11.8. The highest BCUT2D eigenvalue weighted by atomic mass is 32.2. The van der Waals surface area contributed by atoms with Gasteiger partial charge in [0, 0.05) is 30.6 Å². The van der Waals surface area contributed by atoms with Gasteiger partial charge < -0.3 is 10.6 Å². The fourth-order valence-electron chi connectivity index (χ4n) is 2.91. The van der Waals surface area contributed by atoms with E-state index >= 15 is 0 Å². The van der Waals surface area contributed by atoms with Crippen LogP contribution in [-0.2, 0) is 9.84 Å². The van der Waals surface area contributed by atoms with Crippen LogP contribution in [0, 0.1) is 6.92 Å². The highest BCUT2D eigenvalue weighted by Crippen LogP contribution is 2.29. The first-order valence-corrected chi connectivity index (χ1v) is 9.06. The lowest BCUT2D eigenvalue weighted by atomic mass is 10.1. The van der Waals surface area contributed by atoms with Crippen molar-refractivity contribution in [2.24, 2.45) is 0 Å². The van der Waals surface area contributed by atoms with Crippen molar-refractivity contribution in [2.75, 3.05) is 18.6 Å². The SMILES string of the molecule is CNC(=O)c1ccc(NC2CCCC2S(C)(=O)=O)c(C)c1. The molecule has 1 aliphatic rings. The number of hydrogen-bond acceptors (Lipinski definition) is 4. The Morgan fingerprint density at radius 1 is 1.29 bits per heavy atom. The Balaban J connectivity index is 2.18. The van der Waals surface area contributed by atoms with E-state index in [2.05, 4.69) is 10.6 Å². The van der Waals surface area contributed by atoms with Gasteiger partial charge in [0.15, 0.2) is 9.84 Å². The summed E-state index contributed by atoms with van der Waals surface area (Å²) in [5, 5.41) is 5.60. The van der Waals surface area contributed by atoms with Gasteiger partial charge in [-0.25, -0.2) is 8.42 Å². The third-order valence-corrected chi connectivity index (χ3v) is 5.72. The van der Waals surface area contributed by atoms with Gasteiger partial charge in [0.25, 0.3) is 5.91 Å². The van der Waals surface area contributed by atoms with E-state index in [-0.39, 0.29) is 17.2 Å². The minimum absolute atomic E-state index is 0.0513. The normalized spacial score (nSPS) is 22.0. The Morgan fingerprint density at radius 2 is 2.00 bits per heavy atom. The monoisotopic (exact) mass is 310 g/mol. The molecular formula is C15H22N2O3S. The molecule has 1 aromatic carbocycles. The first-order valence-electron chi connectivity index (χ1n) is 7.11. The summed E-state index contributed by atoms with van der Waals surface area (Å²) in [4.78, 5) is 11.6. The lowest BCUT2D eigenvalue weighted by Gasteiger charge is -2.22. The van der Waals surface area contributed by atoms with Gasteiger partial charge in [-0.2, -0.15) is 0 Å². The fourth-order valence-corrected chi connectivity index (χ4v) is 4.31. The van der Waals surface area contributed by atoms with Gasteiger partial charge in [0.2, 0.25) is 0 Å². The average Bonchev–Trinajstić information content (AvgIpc) is 2.88. The second kappa shape index (κ2) is 6.05. The maximum atomic E-state index is 11.8. The number of carbonyl (C=O) groups is 1. The van der Waals surface area contributed by atoms with Crippen LogP contribution in [0.3, 0.4) is 0 Å². The predicted molar refractivity (Wildman–Crippen MR) is 84.5 cm³/mol. The first-order chi connectivity index (χ1) is 9.82. The van der Waals surface area contributed by atoms with Gasteiger partial charge in [-0.3, -0.25) is 4.79 Å². The molecule has 116 valence electrons. The summed E-state index contributed by atoms with van der Waals surface area (Å²) in [7, 11) is -1.44. The van der Waals surface area contributed by atoms with E-state index in [1.165, 1.54) is 6.26 Å². The molecule has 1 amide bonds. The summed E-state index contributed by atoms with van der Waals surface area (Å²) in [5.41, 5.74) is 2.44. The maximum Gasteiger partial charge on any atom is 0.251 e. The fraction of sp³-hybridized carbons (Fsp3) is 0.533. The van der Waals surface area contributed by atoms with Gasteiger partial charge in [-0.1, -0.05) is 0 Å². The molecule has 1 aliphatic carbocycles. The van der Waals surface area contributed by atoms with Crippen molar-refractivity contribution in [1.82, 2.24) is 5.32 Å². The lowest BCUT2D eigenvalue weighted by Crippen LogP contribution is -2.34. The molecule has 1 aromatic rings. The van der Waals surface area contributed by atoms with Gasteiger partial charge >= 0.3 is 0 Å². The third-order valence-electron chi connectivity index (χ3n) is 4.06. The lowest BCUT2D eigenvalue weighted by molar-refractivity contribution is 0.0963. The summed E-state index contributed by atoms with van der Waals surface area (Å²) < 4.78 is 23.6. The number of hydrogen-bond donors (Lipinski definition) is 2. The minimum atomic E-state index is -3.04. The standard InChI is InChI=1S/C15H22N2O3S/c1-10-9-11(15(18)16-2)7-8-12(10)17-13-5-4-6-14(13)21(3,19)20/h7-9,13-14,17H,4-6H2,1-3H3,(H,16,18). The topological polar surface area (TPSA) is 75.3 Å². The molecule has 1 fully saturated rings. The number of amides is 1. The van der Waals surface area contributed by atoms with Crippen LogP contribution in [0.15, 0.2) is 18.2 Å². The summed E-state index contributed by atoms with van der Waals surface area (Å²) in [5.74, 6) is -0.125. The largest absolute Gasteiger partial charge is 0.381 e. The van der Waals surface area contributed by atoms with E-state index in [1.54, 1.807) is 13.1 Å².